The summed E-state index contributed by atoms with van der Waals surface area (Å²) in [4.78, 5) is 11.3. The van der Waals surface area contributed by atoms with E-state index in [1.165, 1.54) is 11.3 Å². The first-order chi connectivity index (χ1) is 11.2. The minimum absolute atomic E-state index is 0. The molecular weight excluding hydrogens is 359 g/mol. The molecule has 0 spiro atoms. The molecule has 25 heavy (non-hydrogen) atoms. The molecule has 1 aliphatic carbocycles. The van der Waals surface area contributed by atoms with Crippen molar-refractivity contribution in [3.05, 3.63) is 35.5 Å². The second-order valence-electron chi connectivity index (χ2n) is 6.96. The predicted molar refractivity (Wildman–Crippen MR) is 104 cm³/mol. The van der Waals surface area contributed by atoms with E-state index in [-0.39, 0.29) is 24.8 Å². The molecule has 2 aromatic heterocycles. The lowest BCUT2D eigenvalue weighted by Crippen LogP contribution is -2.36. The zero-order chi connectivity index (χ0) is 15.8. The molecule has 2 aliphatic rings. The number of nitrogens with one attached hydrogen (secondary N) is 1. The largest absolute Gasteiger partial charge is 0.356 e. The number of hydrogen-bond donors (Lipinski definition) is 2. The third-order valence-corrected chi connectivity index (χ3v) is 5.36. The summed E-state index contributed by atoms with van der Waals surface area (Å²) < 4.78 is 0. The van der Waals surface area contributed by atoms with Crippen LogP contribution in [0, 0.1) is 6.92 Å². The van der Waals surface area contributed by atoms with Crippen molar-refractivity contribution in [2.75, 3.05) is 18.0 Å². The maximum atomic E-state index is 5.90. The normalized spacial score (nSPS) is 23.4. The maximum Gasteiger partial charge on any atom is 0.132 e. The first kappa shape index (κ1) is 19.9. The second-order valence-corrected chi connectivity index (χ2v) is 6.96. The molecule has 0 bridgehead atoms. The van der Waals surface area contributed by atoms with Gasteiger partial charge in [0.05, 0.1) is 6.20 Å². The van der Waals surface area contributed by atoms with Gasteiger partial charge in [-0.25, -0.2) is 9.97 Å². The van der Waals surface area contributed by atoms with E-state index in [1.54, 1.807) is 6.33 Å². The average Bonchev–Trinajstić information content (AvgIpc) is 2.98. The van der Waals surface area contributed by atoms with Crippen LogP contribution in [0.15, 0.2) is 18.6 Å². The Morgan fingerprint density at radius 1 is 1.12 bits per heavy atom. The number of anilines is 1. The topological polar surface area (TPSA) is 83.7 Å². The third-order valence-electron chi connectivity index (χ3n) is 5.36. The highest BCUT2D eigenvalue weighted by atomic mass is 35.5. The van der Waals surface area contributed by atoms with Crippen LogP contribution in [-0.4, -0.2) is 39.3 Å². The molecular formula is C17H26Cl2N6. The molecule has 3 N–H and O–H groups in total. The van der Waals surface area contributed by atoms with E-state index in [1.807, 2.05) is 6.20 Å². The van der Waals surface area contributed by atoms with Crippen molar-refractivity contribution >= 4 is 30.6 Å². The Morgan fingerprint density at radius 2 is 1.84 bits per heavy atom. The number of rotatable bonds is 3. The van der Waals surface area contributed by atoms with Crippen LogP contribution in [0.2, 0.25) is 0 Å². The molecule has 0 unspecified atom stereocenters. The van der Waals surface area contributed by atoms with Gasteiger partial charge in [0.25, 0.3) is 0 Å². The van der Waals surface area contributed by atoms with E-state index in [0.29, 0.717) is 17.9 Å². The number of hydrogen-bond acceptors (Lipinski definition) is 5. The van der Waals surface area contributed by atoms with Gasteiger partial charge in [-0.1, -0.05) is 0 Å². The molecule has 2 aromatic rings. The van der Waals surface area contributed by atoms with Crippen molar-refractivity contribution in [1.29, 1.82) is 0 Å². The fourth-order valence-corrected chi connectivity index (χ4v) is 3.83. The van der Waals surface area contributed by atoms with E-state index in [0.717, 1.165) is 50.3 Å². The summed E-state index contributed by atoms with van der Waals surface area (Å²) >= 11 is 0. The Balaban J connectivity index is 0.00000113. The van der Waals surface area contributed by atoms with Crippen LogP contribution >= 0.6 is 24.8 Å². The molecule has 0 aromatic carbocycles. The molecule has 1 aliphatic heterocycles. The van der Waals surface area contributed by atoms with Gasteiger partial charge >= 0.3 is 0 Å². The Morgan fingerprint density at radius 3 is 2.44 bits per heavy atom. The van der Waals surface area contributed by atoms with Gasteiger partial charge in [-0.05, 0) is 38.2 Å². The zero-order valence-electron chi connectivity index (χ0n) is 14.4. The molecule has 0 amide bonds. The van der Waals surface area contributed by atoms with E-state index in [4.69, 9.17) is 5.73 Å². The number of aryl methyl sites for hydroxylation is 1. The van der Waals surface area contributed by atoms with E-state index in [9.17, 15) is 0 Å². The SMILES string of the molecule is Cc1cn[nH]c1C1CCN(c2cc(C3CC(N)C3)ncn2)CC1.Cl.Cl. The summed E-state index contributed by atoms with van der Waals surface area (Å²) in [5.41, 5.74) is 9.63. The summed E-state index contributed by atoms with van der Waals surface area (Å²) in [6.45, 7) is 4.19. The van der Waals surface area contributed by atoms with Gasteiger partial charge in [0, 0.05) is 48.4 Å². The third kappa shape index (κ3) is 4.07. The quantitative estimate of drug-likeness (QED) is 0.849. The molecule has 1 saturated carbocycles. The van der Waals surface area contributed by atoms with Gasteiger partial charge in [0.15, 0.2) is 0 Å². The minimum atomic E-state index is 0. The van der Waals surface area contributed by atoms with Crippen molar-refractivity contribution in [3.63, 3.8) is 0 Å². The van der Waals surface area contributed by atoms with Crippen LogP contribution in [0.4, 0.5) is 5.82 Å². The van der Waals surface area contributed by atoms with Crippen molar-refractivity contribution in [1.82, 2.24) is 20.2 Å². The number of H-pyrrole nitrogens is 1. The minimum Gasteiger partial charge on any atom is -0.356 e. The van der Waals surface area contributed by atoms with Gasteiger partial charge in [-0.15, -0.1) is 24.8 Å². The molecule has 1 saturated heterocycles. The number of halogens is 2. The standard InChI is InChI=1S/C17H24N6.2ClH/c1-11-9-21-22-17(11)12-2-4-23(5-3-12)16-8-15(19-10-20-16)13-6-14(18)7-13;;/h8-10,12-14H,2-7,18H2,1H3,(H,21,22);2*1H. The van der Waals surface area contributed by atoms with Crippen LogP contribution in [0.25, 0.3) is 0 Å². The van der Waals surface area contributed by atoms with E-state index < -0.39 is 0 Å². The molecule has 6 nitrogen and oxygen atoms in total. The van der Waals surface area contributed by atoms with Crippen LogP contribution in [-0.2, 0) is 0 Å². The number of aromatic amines is 1. The molecule has 2 fully saturated rings. The van der Waals surface area contributed by atoms with Crippen molar-refractivity contribution in [2.45, 2.75) is 50.5 Å². The molecule has 0 radical (unpaired) electrons. The lowest BCUT2D eigenvalue weighted by molar-refractivity contribution is 0.345. The Bertz CT molecular complexity index is 677. The van der Waals surface area contributed by atoms with Gasteiger partial charge in [-0.2, -0.15) is 5.10 Å². The highest BCUT2D eigenvalue weighted by Gasteiger charge is 2.29. The van der Waals surface area contributed by atoms with Crippen molar-refractivity contribution in [2.24, 2.45) is 5.73 Å². The van der Waals surface area contributed by atoms with Gasteiger partial charge in [0.2, 0.25) is 0 Å². The molecule has 8 heteroatoms. The molecule has 138 valence electrons. The van der Waals surface area contributed by atoms with Crippen LogP contribution in [0.3, 0.4) is 0 Å². The zero-order valence-corrected chi connectivity index (χ0v) is 16.0. The fraction of sp³-hybridized carbons (Fsp3) is 0.588. The maximum absolute atomic E-state index is 5.90. The molecule has 3 heterocycles. The lowest BCUT2D eigenvalue weighted by atomic mass is 9.78. The second kappa shape index (κ2) is 8.34. The van der Waals surface area contributed by atoms with E-state index >= 15 is 0 Å². The highest BCUT2D eigenvalue weighted by molar-refractivity contribution is 5.85. The van der Waals surface area contributed by atoms with Crippen molar-refractivity contribution < 1.29 is 0 Å². The smallest absolute Gasteiger partial charge is 0.132 e. The Labute approximate surface area is 160 Å². The Hall–Kier alpha value is -1.37. The summed E-state index contributed by atoms with van der Waals surface area (Å²) in [5, 5.41) is 7.32. The lowest BCUT2D eigenvalue weighted by Gasteiger charge is -2.34. The first-order valence-corrected chi connectivity index (χ1v) is 8.53. The Kier molecular flexibility index (Phi) is 6.65. The summed E-state index contributed by atoms with van der Waals surface area (Å²) in [6.07, 6.45) is 8.00. The van der Waals surface area contributed by atoms with Gasteiger partial charge in [0.1, 0.15) is 12.1 Å². The van der Waals surface area contributed by atoms with Crippen LogP contribution in [0.5, 0.6) is 0 Å². The average molecular weight is 385 g/mol. The van der Waals surface area contributed by atoms with Crippen molar-refractivity contribution in [3.8, 4) is 0 Å². The summed E-state index contributed by atoms with van der Waals surface area (Å²) in [5.74, 6) is 2.17. The van der Waals surface area contributed by atoms with Crippen LogP contribution < -0.4 is 10.6 Å². The number of aromatic nitrogens is 4. The first-order valence-electron chi connectivity index (χ1n) is 8.53. The predicted octanol–water partition coefficient (Wildman–Crippen LogP) is 2.94. The van der Waals surface area contributed by atoms with E-state index in [2.05, 4.69) is 38.1 Å². The summed E-state index contributed by atoms with van der Waals surface area (Å²) in [7, 11) is 0. The summed E-state index contributed by atoms with van der Waals surface area (Å²) in [6, 6.07) is 2.52. The van der Waals surface area contributed by atoms with Gasteiger partial charge < -0.3 is 10.6 Å². The molecule has 0 atom stereocenters. The number of nitrogens with two attached hydrogens (primary N) is 1. The monoisotopic (exact) mass is 384 g/mol. The molecule has 4 rings (SSSR count). The number of nitrogens with zero attached hydrogens (tertiary/aromatic N) is 4. The van der Waals surface area contributed by atoms with Gasteiger partial charge in [-0.3, -0.25) is 5.10 Å². The van der Waals surface area contributed by atoms with Crippen LogP contribution in [0.1, 0.15) is 54.5 Å². The fourth-order valence-electron chi connectivity index (χ4n) is 3.83. The highest BCUT2D eigenvalue weighted by Crippen LogP contribution is 2.36. The number of piperidine rings is 1.